The molecular formula is C15H21NO. The number of aryl methyl sites for hydroxylation is 1. The fourth-order valence-electron chi connectivity index (χ4n) is 2.37. The highest BCUT2D eigenvalue weighted by Gasteiger charge is 2.16. The van der Waals surface area contributed by atoms with Crippen molar-refractivity contribution in [3.8, 4) is 5.75 Å². The number of rotatable bonds is 4. The zero-order valence-corrected chi connectivity index (χ0v) is 10.9. The maximum atomic E-state index is 5.46. The van der Waals surface area contributed by atoms with E-state index in [4.69, 9.17) is 4.74 Å². The van der Waals surface area contributed by atoms with Crippen molar-refractivity contribution in [3.63, 3.8) is 0 Å². The highest BCUT2D eigenvalue weighted by molar-refractivity contribution is 5.39. The Labute approximate surface area is 104 Å². The molecule has 0 aliphatic heterocycles. The predicted molar refractivity (Wildman–Crippen MR) is 71.4 cm³/mol. The first-order valence-corrected chi connectivity index (χ1v) is 6.26. The summed E-state index contributed by atoms with van der Waals surface area (Å²) in [6.45, 7) is 4.29. The van der Waals surface area contributed by atoms with Crippen LogP contribution in [0.5, 0.6) is 5.75 Å². The lowest BCUT2D eigenvalue weighted by Crippen LogP contribution is -2.29. The number of ether oxygens (including phenoxy) is 1. The van der Waals surface area contributed by atoms with Crippen molar-refractivity contribution in [2.45, 2.75) is 38.8 Å². The zero-order chi connectivity index (χ0) is 12.3. The molecule has 1 N–H and O–H groups in total. The lowest BCUT2D eigenvalue weighted by Gasteiger charge is -2.21. The first-order valence-electron chi connectivity index (χ1n) is 6.26. The molecule has 0 amide bonds. The van der Waals surface area contributed by atoms with Gasteiger partial charge in [0.05, 0.1) is 7.11 Å². The van der Waals surface area contributed by atoms with E-state index in [2.05, 4.69) is 49.5 Å². The monoisotopic (exact) mass is 231 g/mol. The second-order valence-electron chi connectivity index (χ2n) is 4.77. The van der Waals surface area contributed by atoms with Gasteiger partial charge in [0.25, 0.3) is 0 Å². The SMILES string of the molecule is COc1cc(C)ccc1C(C)NC1CC=CC1. The molecular weight excluding hydrogens is 210 g/mol. The molecule has 0 bridgehead atoms. The molecule has 0 radical (unpaired) electrons. The highest BCUT2D eigenvalue weighted by Crippen LogP contribution is 2.27. The second kappa shape index (κ2) is 5.37. The maximum absolute atomic E-state index is 5.46. The molecule has 1 aromatic rings. The van der Waals surface area contributed by atoms with E-state index in [0.717, 1.165) is 18.6 Å². The Morgan fingerprint density at radius 3 is 2.65 bits per heavy atom. The highest BCUT2D eigenvalue weighted by atomic mass is 16.5. The average Bonchev–Trinajstić information content (AvgIpc) is 2.81. The average molecular weight is 231 g/mol. The van der Waals surface area contributed by atoms with Crippen LogP contribution in [-0.4, -0.2) is 13.2 Å². The fraction of sp³-hybridized carbons (Fsp3) is 0.467. The van der Waals surface area contributed by atoms with Gasteiger partial charge in [-0.15, -0.1) is 0 Å². The standard InChI is InChI=1S/C15H21NO/c1-11-8-9-14(15(10-11)17-3)12(2)16-13-6-4-5-7-13/h4-5,8-10,12-13,16H,6-7H2,1-3H3. The zero-order valence-electron chi connectivity index (χ0n) is 10.9. The molecule has 0 fully saturated rings. The molecule has 92 valence electrons. The molecule has 1 aliphatic rings. The Hall–Kier alpha value is -1.28. The van der Waals surface area contributed by atoms with E-state index >= 15 is 0 Å². The molecule has 0 saturated heterocycles. The molecule has 2 nitrogen and oxygen atoms in total. The summed E-state index contributed by atoms with van der Waals surface area (Å²) in [4.78, 5) is 0. The molecule has 1 aliphatic carbocycles. The van der Waals surface area contributed by atoms with Crippen molar-refractivity contribution in [2.75, 3.05) is 7.11 Å². The Morgan fingerprint density at radius 1 is 1.29 bits per heavy atom. The van der Waals surface area contributed by atoms with Crippen molar-refractivity contribution in [1.29, 1.82) is 0 Å². The van der Waals surface area contributed by atoms with Crippen LogP contribution in [0, 0.1) is 6.92 Å². The summed E-state index contributed by atoms with van der Waals surface area (Å²) in [6.07, 6.45) is 6.77. The van der Waals surface area contributed by atoms with Gasteiger partial charge in [-0.3, -0.25) is 0 Å². The van der Waals surface area contributed by atoms with Gasteiger partial charge in [0.15, 0.2) is 0 Å². The van der Waals surface area contributed by atoms with E-state index in [1.54, 1.807) is 7.11 Å². The second-order valence-corrected chi connectivity index (χ2v) is 4.77. The first-order chi connectivity index (χ1) is 8.20. The molecule has 0 aromatic heterocycles. The molecule has 0 saturated carbocycles. The minimum atomic E-state index is 0.329. The third-order valence-electron chi connectivity index (χ3n) is 3.35. The summed E-state index contributed by atoms with van der Waals surface area (Å²) >= 11 is 0. The van der Waals surface area contributed by atoms with Gasteiger partial charge in [0.1, 0.15) is 5.75 Å². The van der Waals surface area contributed by atoms with Gasteiger partial charge in [-0.2, -0.15) is 0 Å². The Bertz CT molecular complexity index is 403. The number of hydrogen-bond donors (Lipinski definition) is 1. The minimum Gasteiger partial charge on any atom is -0.496 e. The normalized spacial score (nSPS) is 17.4. The van der Waals surface area contributed by atoms with Gasteiger partial charge < -0.3 is 10.1 Å². The summed E-state index contributed by atoms with van der Waals surface area (Å²) in [5.74, 6) is 0.982. The molecule has 0 heterocycles. The van der Waals surface area contributed by atoms with Crippen molar-refractivity contribution in [1.82, 2.24) is 5.32 Å². The van der Waals surface area contributed by atoms with E-state index < -0.39 is 0 Å². The summed E-state index contributed by atoms with van der Waals surface area (Å²) in [5, 5.41) is 3.65. The molecule has 1 unspecified atom stereocenters. The van der Waals surface area contributed by atoms with Crippen LogP contribution in [0.25, 0.3) is 0 Å². The lowest BCUT2D eigenvalue weighted by atomic mass is 10.0. The number of nitrogens with one attached hydrogen (secondary N) is 1. The van der Waals surface area contributed by atoms with Gasteiger partial charge in [-0.05, 0) is 38.3 Å². The lowest BCUT2D eigenvalue weighted by molar-refractivity contribution is 0.394. The summed E-state index contributed by atoms with van der Waals surface area (Å²) in [5.41, 5.74) is 2.48. The van der Waals surface area contributed by atoms with Gasteiger partial charge in [-0.1, -0.05) is 24.3 Å². The van der Waals surface area contributed by atoms with E-state index in [1.807, 2.05) is 0 Å². The first kappa shape index (κ1) is 12.2. The number of hydrogen-bond acceptors (Lipinski definition) is 2. The van der Waals surface area contributed by atoms with Crippen LogP contribution in [0.1, 0.15) is 36.9 Å². The minimum absolute atomic E-state index is 0.329. The van der Waals surface area contributed by atoms with Crippen LogP contribution in [0.4, 0.5) is 0 Å². The largest absolute Gasteiger partial charge is 0.496 e. The van der Waals surface area contributed by atoms with Crippen LogP contribution >= 0.6 is 0 Å². The van der Waals surface area contributed by atoms with E-state index in [0.29, 0.717) is 12.1 Å². The molecule has 2 rings (SSSR count). The Morgan fingerprint density at radius 2 is 2.00 bits per heavy atom. The van der Waals surface area contributed by atoms with E-state index in [1.165, 1.54) is 11.1 Å². The van der Waals surface area contributed by atoms with Gasteiger partial charge in [-0.25, -0.2) is 0 Å². The molecule has 1 aromatic carbocycles. The fourth-order valence-corrected chi connectivity index (χ4v) is 2.37. The topological polar surface area (TPSA) is 21.3 Å². The van der Waals surface area contributed by atoms with E-state index in [-0.39, 0.29) is 0 Å². The molecule has 2 heteroatoms. The third-order valence-corrected chi connectivity index (χ3v) is 3.35. The summed E-state index contributed by atoms with van der Waals surface area (Å²) in [6, 6.07) is 7.31. The van der Waals surface area contributed by atoms with Gasteiger partial charge >= 0.3 is 0 Å². The summed E-state index contributed by atoms with van der Waals surface area (Å²) < 4.78 is 5.46. The quantitative estimate of drug-likeness (QED) is 0.802. The van der Waals surface area contributed by atoms with Crippen LogP contribution < -0.4 is 10.1 Å². The van der Waals surface area contributed by atoms with E-state index in [9.17, 15) is 0 Å². The van der Waals surface area contributed by atoms with Crippen LogP contribution in [0.2, 0.25) is 0 Å². The molecule has 0 spiro atoms. The van der Waals surface area contributed by atoms with Gasteiger partial charge in [0.2, 0.25) is 0 Å². The maximum Gasteiger partial charge on any atom is 0.123 e. The predicted octanol–water partition coefficient (Wildman–Crippen LogP) is 3.37. The summed E-state index contributed by atoms with van der Waals surface area (Å²) in [7, 11) is 1.74. The molecule has 17 heavy (non-hydrogen) atoms. The van der Waals surface area contributed by atoms with Crippen LogP contribution in [0.15, 0.2) is 30.4 Å². The Kier molecular flexibility index (Phi) is 3.85. The van der Waals surface area contributed by atoms with Crippen LogP contribution in [-0.2, 0) is 0 Å². The smallest absolute Gasteiger partial charge is 0.123 e. The number of methoxy groups -OCH3 is 1. The van der Waals surface area contributed by atoms with Crippen molar-refractivity contribution in [2.24, 2.45) is 0 Å². The van der Waals surface area contributed by atoms with Crippen LogP contribution in [0.3, 0.4) is 0 Å². The Balaban J connectivity index is 2.09. The van der Waals surface area contributed by atoms with Gasteiger partial charge in [0, 0.05) is 17.6 Å². The molecule has 1 atom stereocenters. The third kappa shape index (κ3) is 2.89. The number of benzene rings is 1. The van der Waals surface area contributed by atoms with Crippen molar-refractivity contribution in [3.05, 3.63) is 41.5 Å². The van der Waals surface area contributed by atoms with Crippen molar-refractivity contribution < 1.29 is 4.74 Å². The van der Waals surface area contributed by atoms with Crippen molar-refractivity contribution >= 4 is 0 Å².